The fourth-order valence-electron chi connectivity index (χ4n) is 4.32. The summed E-state index contributed by atoms with van der Waals surface area (Å²) < 4.78 is 1.72. The average Bonchev–Trinajstić information content (AvgIpc) is 2.88. The number of para-hydroxylation sites is 1. The van der Waals surface area contributed by atoms with E-state index >= 15 is 0 Å². The Morgan fingerprint density at radius 3 is 2.26 bits per heavy atom. The molecule has 0 aliphatic carbocycles. The summed E-state index contributed by atoms with van der Waals surface area (Å²) in [5, 5.41) is 0.581. The molecular weight excluding hydrogens is 422 g/mol. The van der Waals surface area contributed by atoms with Gasteiger partial charge in [-0.25, -0.2) is 4.98 Å². The van der Waals surface area contributed by atoms with Crippen LogP contribution in [0.25, 0.3) is 10.9 Å². The average molecular weight is 454 g/mol. The molecule has 0 saturated heterocycles. The zero-order chi connectivity index (χ0) is 24.1. The van der Waals surface area contributed by atoms with Crippen LogP contribution < -0.4 is 5.56 Å². The number of hydrogen-bond acceptors (Lipinski definition) is 3. The fraction of sp³-hybridized carbons (Fsp3) is 0.276. The monoisotopic (exact) mass is 453 g/mol. The number of amides is 1. The van der Waals surface area contributed by atoms with Crippen molar-refractivity contribution in [1.82, 2.24) is 14.5 Å². The number of carbonyl (C=O) groups is 1. The maximum atomic E-state index is 13.6. The first kappa shape index (κ1) is 23.4. The maximum absolute atomic E-state index is 13.6. The van der Waals surface area contributed by atoms with Crippen LogP contribution in [0.4, 0.5) is 0 Å². The molecule has 0 aliphatic rings. The SMILES string of the molecule is CCCN(C(=O)c1ccc(CC)cc1)C(C)c1nc2ccccc2c(=O)n1Cc1ccccc1. The number of aromatic nitrogens is 2. The van der Waals surface area contributed by atoms with Crippen molar-refractivity contribution in [2.45, 2.75) is 46.2 Å². The first-order valence-electron chi connectivity index (χ1n) is 12.0. The van der Waals surface area contributed by atoms with Gasteiger partial charge in [-0.3, -0.25) is 14.2 Å². The number of benzene rings is 3. The molecule has 1 atom stereocenters. The summed E-state index contributed by atoms with van der Waals surface area (Å²) in [5.74, 6) is 0.546. The van der Waals surface area contributed by atoms with Gasteiger partial charge in [-0.15, -0.1) is 0 Å². The minimum absolute atomic E-state index is 0.0503. The zero-order valence-electron chi connectivity index (χ0n) is 20.1. The Labute approximate surface area is 200 Å². The van der Waals surface area contributed by atoms with E-state index < -0.39 is 0 Å². The summed E-state index contributed by atoms with van der Waals surface area (Å²) >= 11 is 0. The first-order chi connectivity index (χ1) is 16.5. The van der Waals surface area contributed by atoms with Crippen LogP contribution in [0.5, 0.6) is 0 Å². The van der Waals surface area contributed by atoms with Gasteiger partial charge < -0.3 is 4.90 Å². The van der Waals surface area contributed by atoms with Crippen molar-refractivity contribution < 1.29 is 4.79 Å². The third-order valence-electron chi connectivity index (χ3n) is 6.25. The van der Waals surface area contributed by atoms with Crippen LogP contribution in [-0.2, 0) is 13.0 Å². The van der Waals surface area contributed by atoms with E-state index in [0.29, 0.717) is 35.4 Å². The van der Waals surface area contributed by atoms with E-state index in [0.717, 1.165) is 18.4 Å². The molecule has 5 nitrogen and oxygen atoms in total. The lowest BCUT2D eigenvalue weighted by atomic mass is 10.1. The van der Waals surface area contributed by atoms with Gasteiger partial charge >= 0.3 is 0 Å². The van der Waals surface area contributed by atoms with Crippen molar-refractivity contribution in [1.29, 1.82) is 0 Å². The first-order valence-corrected chi connectivity index (χ1v) is 12.0. The minimum Gasteiger partial charge on any atom is -0.329 e. The van der Waals surface area contributed by atoms with E-state index in [2.05, 4.69) is 13.8 Å². The van der Waals surface area contributed by atoms with Crippen molar-refractivity contribution in [3.63, 3.8) is 0 Å². The van der Waals surface area contributed by atoms with Gasteiger partial charge in [0.2, 0.25) is 0 Å². The van der Waals surface area contributed by atoms with Crippen LogP contribution in [0.1, 0.15) is 60.5 Å². The summed E-state index contributed by atoms with van der Waals surface area (Å²) in [6.45, 7) is 7.09. The summed E-state index contributed by atoms with van der Waals surface area (Å²) in [5.41, 5.74) is 3.41. The molecule has 34 heavy (non-hydrogen) atoms. The Bertz CT molecular complexity index is 1330. The molecule has 5 heteroatoms. The normalized spacial score (nSPS) is 12.0. The third-order valence-corrected chi connectivity index (χ3v) is 6.25. The second kappa shape index (κ2) is 10.5. The number of carbonyl (C=O) groups excluding carboxylic acids is 1. The molecule has 0 N–H and O–H groups in total. The third kappa shape index (κ3) is 4.79. The number of nitrogens with zero attached hydrogens (tertiary/aromatic N) is 3. The number of hydrogen-bond donors (Lipinski definition) is 0. The van der Waals surface area contributed by atoms with Crippen molar-refractivity contribution in [2.24, 2.45) is 0 Å². The summed E-state index contributed by atoms with van der Waals surface area (Å²) in [6, 6.07) is 24.7. The summed E-state index contributed by atoms with van der Waals surface area (Å²) in [7, 11) is 0. The largest absolute Gasteiger partial charge is 0.329 e. The van der Waals surface area contributed by atoms with Crippen LogP contribution in [0.3, 0.4) is 0 Å². The highest BCUT2D eigenvalue weighted by Gasteiger charge is 2.26. The lowest BCUT2D eigenvalue weighted by Crippen LogP contribution is -2.38. The molecule has 4 rings (SSSR count). The maximum Gasteiger partial charge on any atom is 0.261 e. The van der Waals surface area contributed by atoms with Gasteiger partial charge in [-0.2, -0.15) is 0 Å². The molecule has 4 aromatic rings. The fourth-order valence-corrected chi connectivity index (χ4v) is 4.32. The predicted molar refractivity (Wildman–Crippen MR) is 137 cm³/mol. The lowest BCUT2D eigenvalue weighted by Gasteiger charge is -2.30. The van der Waals surface area contributed by atoms with E-state index in [4.69, 9.17) is 4.98 Å². The highest BCUT2D eigenvalue weighted by atomic mass is 16.2. The molecule has 0 spiro atoms. The van der Waals surface area contributed by atoms with Crippen LogP contribution >= 0.6 is 0 Å². The van der Waals surface area contributed by atoms with E-state index in [1.54, 1.807) is 4.57 Å². The number of aryl methyl sites for hydroxylation is 1. The molecule has 174 valence electrons. The molecule has 1 amide bonds. The highest BCUT2D eigenvalue weighted by molar-refractivity contribution is 5.94. The van der Waals surface area contributed by atoms with Gasteiger partial charge in [0.15, 0.2) is 0 Å². The van der Waals surface area contributed by atoms with E-state index in [9.17, 15) is 9.59 Å². The molecule has 1 unspecified atom stereocenters. The van der Waals surface area contributed by atoms with Gasteiger partial charge in [0, 0.05) is 12.1 Å². The van der Waals surface area contributed by atoms with Crippen LogP contribution in [0.15, 0.2) is 83.7 Å². The minimum atomic E-state index is -0.376. The molecule has 0 radical (unpaired) electrons. The quantitative estimate of drug-likeness (QED) is 0.348. The van der Waals surface area contributed by atoms with Crippen LogP contribution in [-0.4, -0.2) is 26.9 Å². The van der Waals surface area contributed by atoms with Crippen molar-refractivity contribution in [2.75, 3.05) is 6.54 Å². The number of rotatable bonds is 8. The van der Waals surface area contributed by atoms with E-state index in [1.807, 2.05) is 90.7 Å². The molecule has 0 aliphatic heterocycles. The smallest absolute Gasteiger partial charge is 0.261 e. The molecule has 1 heterocycles. The molecule has 0 fully saturated rings. The highest BCUT2D eigenvalue weighted by Crippen LogP contribution is 2.23. The van der Waals surface area contributed by atoms with Gasteiger partial charge in [-0.1, -0.05) is 68.4 Å². The van der Waals surface area contributed by atoms with Crippen LogP contribution in [0, 0.1) is 0 Å². The van der Waals surface area contributed by atoms with Crippen molar-refractivity contribution in [3.05, 3.63) is 112 Å². The van der Waals surface area contributed by atoms with E-state index in [-0.39, 0.29) is 17.5 Å². The lowest BCUT2D eigenvalue weighted by molar-refractivity contribution is 0.0679. The standard InChI is InChI=1S/C29H31N3O2/c1-4-19-31(28(33)24-17-15-22(5-2)16-18-24)21(3)27-30-26-14-10-9-13-25(26)29(34)32(27)20-23-11-7-6-8-12-23/h6-18,21H,4-5,19-20H2,1-3H3. The molecule has 0 bridgehead atoms. The Kier molecular flexibility index (Phi) is 7.21. The Balaban J connectivity index is 1.80. The molecule has 0 saturated carbocycles. The van der Waals surface area contributed by atoms with E-state index in [1.165, 1.54) is 5.56 Å². The van der Waals surface area contributed by atoms with Gasteiger partial charge in [0.25, 0.3) is 11.5 Å². The Morgan fingerprint density at radius 1 is 0.912 bits per heavy atom. The second-order valence-electron chi connectivity index (χ2n) is 8.59. The predicted octanol–water partition coefficient (Wildman–Crippen LogP) is 5.62. The Morgan fingerprint density at radius 2 is 1.59 bits per heavy atom. The summed E-state index contributed by atoms with van der Waals surface area (Å²) in [4.78, 5) is 33.9. The second-order valence-corrected chi connectivity index (χ2v) is 8.59. The van der Waals surface area contributed by atoms with Gasteiger partial charge in [0.1, 0.15) is 5.82 Å². The summed E-state index contributed by atoms with van der Waals surface area (Å²) in [6.07, 6.45) is 1.73. The topological polar surface area (TPSA) is 55.2 Å². The van der Waals surface area contributed by atoms with Crippen LogP contribution in [0.2, 0.25) is 0 Å². The van der Waals surface area contributed by atoms with Crippen molar-refractivity contribution >= 4 is 16.8 Å². The van der Waals surface area contributed by atoms with Crippen molar-refractivity contribution in [3.8, 4) is 0 Å². The molecular formula is C29H31N3O2. The van der Waals surface area contributed by atoms with Gasteiger partial charge in [-0.05, 0) is 55.2 Å². The molecule has 3 aromatic carbocycles. The van der Waals surface area contributed by atoms with Gasteiger partial charge in [0.05, 0.1) is 23.5 Å². The Hall–Kier alpha value is -3.73. The molecule has 1 aromatic heterocycles. The number of fused-ring (bicyclic) bond motifs is 1. The zero-order valence-corrected chi connectivity index (χ0v) is 20.1.